The van der Waals surface area contributed by atoms with Crippen molar-refractivity contribution in [3.8, 4) is 0 Å². The minimum atomic E-state index is -0.589. The number of benzene rings is 2. The number of thiazole rings is 1. The number of aryl methyl sites for hydroxylation is 2. The Balaban J connectivity index is 1.68. The van der Waals surface area contributed by atoms with Gasteiger partial charge in [0.2, 0.25) is 0 Å². The van der Waals surface area contributed by atoms with E-state index in [0.29, 0.717) is 26.3 Å². The number of aromatic nitrogens is 3. The van der Waals surface area contributed by atoms with E-state index in [4.69, 9.17) is 4.99 Å². The molecule has 0 spiro atoms. The Morgan fingerprint density at radius 2 is 1.72 bits per heavy atom. The smallest absolute Gasteiger partial charge is 0.271 e. The van der Waals surface area contributed by atoms with Gasteiger partial charge < -0.3 is 5.32 Å². The topological polar surface area (TPSA) is 81.3 Å². The highest BCUT2D eigenvalue weighted by Crippen LogP contribution is 2.30. The number of allylic oxidation sites excluding steroid dienone is 1. The molecule has 5 rings (SSSR count). The number of para-hydroxylation sites is 1. The number of carbonyl (C=O) groups excluding carboxylic acids is 1. The molecular weight excluding hydrogens is 470 g/mol. The predicted molar refractivity (Wildman–Crippen MR) is 143 cm³/mol. The zero-order chi connectivity index (χ0) is 25.4. The van der Waals surface area contributed by atoms with E-state index in [1.165, 1.54) is 11.3 Å². The third-order valence-electron chi connectivity index (χ3n) is 6.43. The first-order valence-electron chi connectivity index (χ1n) is 11.9. The quantitative estimate of drug-likeness (QED) is 0.457. The van der Waals surface area contributed by atoms with E-state index in [2.05, 4.69) is 10.4 Å². The minimum absolute atomic E-state index is 0.173. The van der Waals surface area contributed by atoms with Gasteiger partial charge in [-0.2, -0.15) is 5.10 Å². The van der Waals surface area contributed by atoms with Gasteiger partial charge in [-0.15, -0.1) is 0 Å². The highest BCUT2D eigenvalue weighted by Gasteiger charge is 2.32. The van der Waals surface area contributed by atoms with E-state index in [1.54, 1.807) is 4.57 Å². The van der Waals surface area contributed by atoms with Crippen molar-refractivity contribution >= 4 is 29.0 Å². The van der Waals surface area contributed by atoms with E-state index in [-0.39, 0.29) is 11.5 Å². The van der Waals surface area contributed by atoms with E-state index in [0.717, 1.165) is 29.1 Å². The maximum atomic E-state index is 13.8. The Labute approximate surface area is 212 Å². The van der Waals surface area contributed by atoms with E-state index < -0.39 is 6.04 Å². The normalized spacial score (nSPS) is 15.6. The first-order valence-corrected chi connectivity index (χ1v) is 12.7. The molecule has 0 radical (unpaired) electrons. The van der Waals surface area contributed by atoms with Crippen LogP contribution in [0.1, 0.15) is 42.4 Å². The van der Waals surface area contributed by atoms with E-state index >= 15 is 0 Å². The summed E-state index contributed by atoms with van der Waals surface area (Å²) in [5.41, 5.74) is 5.24. The van der Waals surface area contributed by atoms with Crippen molar-refractivity contribution < 1.29 is 4.79 Å². The lowest BCUT2D eigenvalue weighted by Gasteiger charge is -2.25. The molecule has 0 unspecified atom stereocenters. The van der Waals surface area contributed by atoms with E-state index in [9.17, 15) is 9.59 Å². The van der Waals surface area contributed by atoms with Crippen LogP contribution >= 0.6 is 11.3 Å². The third kappa shape index (κ3) is 4.13. The van der Waals surface area contributed by atoms with Crippen molar-refractivity contribution in [2.45, 2.75) is 40.3 Å². The molecule has 1 N–H and O–H groups in total. The van der Waals surface area contributed by atoms with Crippen molar-refractivity contribution in [3.05, 3.63) is 114 Å². The van der Waals surface area contributed by atoms with Crippen molar-refractivity contribution in [1.82, 2.24) is 14.3 Å². The molecule has 1 aliphatic heterocycles. The molecule has 0 saturated carbocycles. The maximum absolute atomic E-state index is 13.8. The first kappa shape index (κ1) is 23.7. The predicted octanol–water partition coefficient (Wildman–Crippen LogP) is 3.71. The highest BCUT2D eigenvalue weighted by atomic mass is 32.1. The summed E-state index contributed by atoms with van der Waals surface area (Å²) in [7, 11) is 0. The van der Waals surface area contributed by atoms with Crippen LogP contribution in [0.5, 0.6) is 0 Å². The Morgan fingerprint density at radius 3 is 2.36 bits per heavy atom. The molecule has 0 fully saturated rings. The summed E-state index contributed by atoms with van der Waals surface area (Å²) in [4.78, 5) is 32.7. The van der Waals surface area contributed by atoms with Crippen molar-refractivity contribution in [2.75, 3.05) is 5.32 Å². The Bertz CT molecular complexity index is 1660. The number of hydrogen-bond donors (Lipinski definition) is 1. The molecule has 36 heavy (non-hydrogen) atoms. The molecule has 2 aromatic carbocycles. The number of carbonyl (C=O) groups is 1. The molecule has 4 aromatic rings. The summed E-state index contributed by atoms with van der Waals surface area (Å²) in [5, 5.41) is 7.56. The van der Waals surface area contributed by atoms with Crippen LogP contribution in [0, 0.1) is 13.8 Å². The Kier molecular flexibility index (Phi) is 6.28. The number of nitrogens with one attached hydrogen (secondary N) is 1. The van der Waals surface area contributed by atoms with Crippen molar-refractivity contribution in [1.29, 1.82) is 0 Å². The van der Waals surface area contributed by atoms with Crippen LogP contribution in [-0.2, 0) is 11.3 Å². The molecule has 1 aliphatic rings. The van der Waals surface area contributed by atoms with Crippen LogP contribution < -0.4 is 20.2 Å². The summed E-state index contributed by atoms with van der Waals surface area (Å²) in [6.45, 7) is 8.59. The number of rotatable bonds is 5. The standard InChI is InChI=1S/C28H27N5O2S/c1-5-32-19(4)22(17(2)31-32)16-23-27(35)33-25(20-12-8-6-9-13-20)24(18(3)29-28(33)36-23)26(34)30-21-14-10-7-11-15-21/h6-16,25H,5H2,1-4H3,(H,30,34)/b23-16+/t25-/m1/s1. The van der Waals surface area contributed by atoms with Gasteiger partial charge >= 0.3 is 0 Å². The lowest BCUT2D eigenvalue weighted by atomic mass is 9.95. The molecule has 1 atom stereocenters. The second-order valence-electron chi connectivity index (χ2n) is 8.71. The molecule has 3 heterocycles. The van der Waals surface area contributed by atoms with Gasteiger partial charge in [-0.3, -0.25) is 18.8 Å². The van der Waals surface area contributed by atoms with Crippen LogP contribution in [0.2, 0.25) is 0 Å². The Hall–Kier alpha value is -4.04. The average molecular weight is 498 g/mol. The zero-order valence-electron chi connectivity index (χ0n) is 20.6. The SMILES string of the molecule is CCn1nc(C)c(/C=c2/sc3n(c2=O)[C@H](c2ccccc2)C(C(=O)Nc2ccccc2)=C(C)N=3)c1C. The molecule has 1 amide bonds. The second kappa shape index (κ2) is 9.54. The maximum Gasteiger partial charge on any atom is 0.271 e. The largest absolute Gasteiger partial charge is 0.322 e. The number of hydrogen-bond acceptors (Lipinski definition) is 5. The molecule has 0 aliphatic carbocycles. The molecule has 8 heteroatoms. The van der Waals surface area contributed by atoms with Crippen LogP contribution in [0.3, 0.4) is 0 Å². The lowest BCUT2D eigenvalue weighted by Crippen LogP contribution is -2.40. The Morgan fingerprint density at radius 1 is 1.06 bits per heavy atom. The van der Waals surface area contributed by atoms with Crippen LogP contribution in [0.4, 0.5) is 5.69 Å². The summed E-state index contributed by atoms with van der Waals surface area (Å²) < 4.78 is 4.14. The summed E-state index contributed by atoms with van der Waals surface area (Å²) in [5.74, 6) is -0.276. The number of amides is 1. The number of anilines is 1. The summed E-state index contributed by atoms with van der Waals surface area (Å²) in [6, 6.07) is 18.3. The van der Waals surface area contributed by atoms with Gasteiger partial charge in [-0.1, -0.05) is 59.9 Å². The fourth-order valence-electron chi connectivity index (χ4n) is 4.64. The van der Waals surface area contributed by atoms with Gasteiger partial charge in [0.15, 0.2) is 4.80 Å². The van der Waals surface area contributed by atoms with Crippen LogP contribution in [0.15, 0.2) is 81.7 Å². The van der Waals surface area contributed by atoms with Gasteiger partial charge in [0.25, 0.3) is 11.5 Å². The first-order chi connectivity index (χ1) is 17.4. The molecule has 7 nitrogen and oxygen atoms in total. The fraction of sp³-hybridized carbons (Fsp3) is 0.214. The molecular formula is C28H27N5O2S. The number of fused-ring (bicyclic) bond motifs is 1. The summed E-state index contributed by atoms with van der Waals surface area (Å²) >= 11 is 1.34. The van der Waals surface area contributed by atoms with Crippen LogP contribution in [0.25, 0.3) is 6.08 Å². The second-order valence-corrected chi connectivity index (χ2v) is 9.72. The third-order valence-corrected chi connectivity index (χ3v) is 7.41. The average Bonchev–Trinajstić information content (AvgIpc) is 3.34. The number of nitrogens with zero attached hydrogens (tertiary/aromatic N) is 4. The van der Waals surface area contributed by atoms with Crippen molar-refractivity contribution in [2.24, 2.45) is 4.99 Å². The fourth-order valence-corrected chi connectivity index (χ4v) is 5.67. The zero-order valence-corrected chi connectivity index (χ0v) is 21.5. The molecule has 0 bridgehead atoms. The highest BCUT2D eigenvalue weighted by molar-refractivity contribution is 7.07. The minimum Gasteiger partial charge on any atom is -0.322 e. The van der Waals surface area contributed by atoms with Gasteiger partial charge in [-0.05, 0) is 51.5 Å². The van der Waals surface area contributed by atoms with Gasteiger partial charge in [0.05, 0.1) is 27.5 Å². The molecule has 182 valence electrons. The van der Waals surface area contributed by atoms with Crippen molar-refractivity contribution in [3.63, 3.8) is 0 Å². The van der Waals surface area contributed by atoms with Gasteiger partial charge in [-0.25, -0.2) is 4.99 Å². The van der Waals surface area contributed by atoms with Crippen LogP contribution in [-0.4, -0.2) is 20.3 Å². The lowest BCUT2D eigenvalue weighted by molar-refractivity contribution is -0.113. The van der Waals surface area contributed by atoms with Gasteiger partial charge in [0, 0.05) is 23.5 Å². The molecule has 2 aromatic heterocycles. The summed E-state index contributed by atoms with van der Waals surface area (Å²) in [6.07, 6.45) is 1.90. The van der Waals surface area contributed by atoms with Gasteiger partial charge in [0.1, 0.15) is 0 Å². The monoisotopic (exact) mass is 497 g/mol. The van der Waals surface area contributed by atoms with E-state index in [1.807, 2.05) is 99.1 Å². The molecule has 0 saturated heterocycles.